The number of nitrogens with one attached hydrogen (secondary N) is 1. The number of nitrogens with zero attached hydrogens (tertiary/aromatic N) is 1. The number of ether oxygens (including phenoxy) is 1. The van der Waals surface area contributed by atoms with Crippen molar-refractivity contribution in [3.8, 4) is 0 Å². The Morgan fingerprint density at radius 2 is 1.95 bits per heavy atom. The fraction of sp³-hybridized carbons (Fsp3) is 1.00. The minimum absolute atomic E-state index is 0.231. The molecule has 3 heterocycles. The Labute approximate surface area is 134 Å². The third-order valence-corrected chi connectivity index (χ3v) is 6.71. The second kappa shape index (κ2) is 7.67. The first kappa shape index (κ1) is 16.1. The largest absolute Gasteiger partial charge is 0.375 e. The Balaban J connectivity index is 1.37. The third-order valence-electron chi connectivity index (χ3n) is 5.72. The molecule has 0 aromatic heterocycles. The van der Waals surface area contributed by atoms with Crippen molar-refractivity contribution in [2.24, 2.45) is 5.92 Å². The van der Waals surface area contributed by atoms with Gasteiger partial charge in [0.15, 0.2) is 0 Å². The zero-order chi connectivity index (χ0) is 14.5. The van der Waals surface area contributed by atoms with E-state index in [4.69, 9.17) is 4.74 Å². The van der Waals surface area contributed by atoms with E-state index in [1.165, 1.54) is 76.1 Å². The maximum atomic E-state index is 6.19. The quantitative estimate of drug-likeness (QED) is 0.863. The summed E-state index contributed by atoms with van der Waals surface area (Å²) in [4.78, 5) is 2.47. The van der Waals surface area contributed by atoms with Crippen molar-refractivity contribution in [3.05, 3.63) is 0 Å². The van der Waals surface area contributed by atoms with Gasteiger partial charge in [-0.15, -0.1) is 0 Å². The van der Waals surface area contributed by atoms with Gasteiger partial charge in [-0.05, 0) is 89.1 Å². The maximum absolute atomic E-state index is 6.19. The molecule has 0 aromatic rings. The van der Waals surface area contributed by atoms with Crippen molar-refractivity contribution >= 4 is 11.8 Å². The number of rotatable bonds is 4. The highest BCUT2D eigenvalue weighted by molar-refractivity contribution is 7.99. The van der Waals surface area contributed by atoms with Gasteiger partial charge in [0.1, 0.15) is 0 Å². The van der Waals surface area contributed by atoms with Crippen LogP contribution in [0.2, 0.25) is 0 Å². The monoisotopic (exact) mass is 312 g/mol. The standard InChI is InChI=1S/C17H32N2OS/c1-19-9-3-15(4-10-19)2-8-18-16-5-11-20-17(14-16)6-12-21-13-7-17/h15-16,18H,2-14H2,1H3. The van der Waals surface area contributed by atoms with Gasteiger partial charge in [-0.1, -0.05) is 0 Å². The van der Waals surface area contributed by atoms with Gasteiger partial charge < -0.3 is 15.0 Å². The smallest absolute Gasteiger partial charge is 0.0713 e. The molecule has 122 valence electrons. The summed E-state index contributed by atoms with van der Waals surface area (Å²) in [7, 11) is 2.25. The molecule has 1 N–H and O–H groups in total. The highest BCUT2D eigenvalue weighted by Crippen LogP contribution is 2.37. The van der Waals surface area contributed by atoms with E-state index in [9.17, 15) is 0 Å². The van der Waals surface area contributed by atoms with Gasteiger partial charge in [0.25, 0.3) is 0 Å². The average Bonchev–Trinajstić information content (AvgIpc) is 2.50. The summed E-state index contributed by atoms with van der Waals surface area (Å²) >= 11 is 2.10. The van der Waals surface area contributed by atoms with Crippen molar-refractivity contribution in [2.45, 2.75) is 56.6 Å². The van der Waals surface area contributed by atoms with E-state index in [-0.39, 0.29) is 5.60 Å². The van der Waals surface area contributed by atoms with Crippen molar-refractivity contribution < 1.29 is 4.74 Å². The second-order valence-corrected chi connectivity index (χ2v) is 8.55. The fourth-order valence-corrected chi connectivity index (χ4v) is 5.37. The van der Waals surface area contributed by atoms with E-state index < -0.39 is 0 Å². The lowest BCUT2D eigenvalue weighted by Crippen LogP contribution is -2.49. The predicted octanol–water partition coefficient (Wildman–Crippen LogP) is 2.75. The predicted molar refractivity (Wildman–Crippen MR) is 91.1 cm³/mol. The molecule has 4 heteroatoms. The zero-order valence-corrected chi connectivity index (χ0v) is 14.4. The molecule has 3 aliphatic rings. The van der Waals surface area contributed by atoms with Gasteiger partial charge in [-0.2, -0.15) is 11.8 Å². The first-order chi connectivity index (χ1) is 10.3. The average molecular weight is 313 g/mol. The summed E-state index contributed by atoms with van der Waals surface area (Å²) in [5.74, 6) is 3.54. The normalized spacial score (nSPS) is 31.6. The lowest BCUT2D eigenvalue weighted by molar-refractivity contribution is -0.0931. The van der Waals surface area contributed by atoms with E-state index in [2.05, 4.69) is 29.0 Å². The SMILES string of the molecule is CN1CCC(CCNC2CCOC3(CCSCC3)C2)CC1. The molecule has 0 amide bonds. The summed E-state index contributed by atoms with van der Waals surface area (Å²) in [5.41, 5.74) is 0.231. The molecule has 0 aliphatic carbocycles. The number of piperidine rings is 1. The molecule has 0 saturated carbocycles. The number of likely N-dealkylation sites (tertiary alicyclic amines) is 1. The molecule has 3 nitrogen and oxygen atoms in total. The molecule has 3 saturated heterocycles. The van der Waals surface area contributed by atoms with Crippen LogP contribution < -0.4 is 5.32 Å². The molecule has 1 atom stereocenters. The van der Waals surface area contributed by atoms with Crippen LogP contribution in [0.1, 0.15) is 44.9 Å². The summed E-state index contributed by atoms with van der Waals surface area (Å²) < 4.78 is 6.19. The minimum atomic E-state index is 0.231. The van der Waals surface area contributed by atoms with Crippen LogP contribution in [-0.4, -0.2) is 61.3 Å². The van der Waals surface area contributed by atoms with Crippen LogP contribution >= 0.6 is 11.8 Å². The highest BCUT2D eigenvalue weighted by Gasteiger charge is 2.38. The van der Waals surface area contributed by atoms with Crippen LogP contribution in [0.4, 0.5) is 0 Å². The Morgan fingerprint density at radius 1 is 1.19 bits per heavy atom. The molecule has 0 aromatic carbocycles. The summed E-state index contributed by atoms with van der Waals surface area (Å²) in [5, 5.41) is 3.85. The van der Waals surface area contributed by atoms with Crippen molar-refractivity contribution in [3.63, 3.8) is 0 Å². The summed E-state index contributed by atoms with van der Waals surface area (Å²) in [6.45, 7) is 4.77. The topological polar surface area (TPSA) is 24.5 Å². The van der Waals surface area contributed by atoms with Gasteiger partial charge in [0.2, 0.25) is 0 Å². The number of hydrogen-bond donors (Lipinski definition) is 1. The Hall–Kier alpha value is 0.230. The van der Waals surface area contributed by atoms with E-state index in [1.807, 2.05) is 0 Å². The van der Waals surface area contributed by atoms with E-state index in [1.54, 1.807) is 0 Å². The molecule has 3 aliphatic heterocycles. The second-order valence-electron chi connectivity index (χ2n) is 7.32. The third kappa shape index (κ3) is 4.60. The molecule has 3 fully saturated rings. The van der Waals surface area contributed by atoms with Crippen LogP contribution in [0.5, 0.6) is 0 Å². The lowest BCUT2D eigenvalue weighted by atomic mass is 9.85. The molecular weight excluding hydrogens is 280 g/mol. The van der Waals surface area contributed by atoms with Gasteiger partial charge >= 0.3 is 0 Å². The molecule has 21 heavy (non-hydrogen) atoms. The lowest BCUT2D eigenvalue weighted by Gasteiger charge is -2.43. The maximum Gasteiger partial charge on any atom is 0.0713 e. The van der Waals surface area contributed by atoms with Crippen LogP contribution in [-0.2, 0) is 4.74 Å². The van der Waals surface area contributed by atoms with Gasteiger partial charge in [0.05, 0.1) is 5.60 Å². The minimum Gasteiger partial charge on any atom is -0.375 e. The van der Waals surface area contributed by atoms with Crippen LogP contribution in [0.3, 0.4) is 0 Å². The molecule has 1 unspecified atom stereocenters. The van der Waals surface area contributed by atoms with Crippen molar-refractivity contribution in [1.29, 1.82) is 0 Å². The Kier molecular flexibility index (Phi) is 5.88. The van der Waals surface area contributed by atoms with E-state index >= 15 is 0 Å². The van der Waals surface area contributed by atoms with Crippen molar-refractivity contribution in [2.75, 3.05) is 44.8 Å². The Bertz CT molecular complexity index is 306. The fourth-order valence-electron chi connectivity index (χ4n) is 4.14. The first-order valence-corrected chi connectivity index (χ1v) is 10.0. The molecule has 0 bridgehead atoms. The van der Waals surface area contributed by atoms with E-state index in [0.29, 0.717) is 6.04 Å². The Morgan fingerprint density at radius 3 is 2.71 bits per heavy atom. The first-order valence-electron chi connectivity index (χ1n) is 8.89. The van der Waals surface area contributed by atoms with Crippen LogP contribution in [0.25, 0.3) is 0 Å². The van der Waals surface area contributed by atoms with Gasteiger partial charge in [-0.25, -0.2) is 0 Å². The molecule has 3 rings (SSSR count). The van der Waals surface area contributed by atoms with Crippen molar-refractivity contribution in [1.82, 2.24) is 10.2 Å². The zero-order valence-electron chi connectivity index (χ0n) is 13.6. The van der Waals surface area contributed by atoms with Crippen LogP contribution in [0.15, 0.2) is 0 Å². The van der Waals surface area contributed by atoms with E-state index in [0.717, 1.165) is 12.5 Å². The van der Waals surface area contributed by atoms with Gasteiger partial charge in [-0.3, -0.25) is 0 Å². The van der Waals surface area contributed by atoms with Crippen LogP contribution in [0, 0.1) is 5.92 Å². The number of thioether (sulfide) groups is 1. The molecule has 1 spiro atoms. The molecule has 0 radical (unpaired) electrons. The highest BCUT2D eigenvalue weighted by atomic mass is 32.2. The summed E-state index contributed by atoms with van der Waals surface area (Å²) in [6, 6.07) is 0.702. The summed E-state index contributed by atoms with van der Waals surface area (Å²) in [6.07, 6.45) is 9.16. The molecular formula is C17H32N2OS. The number of hydrogen-bond acceptors (Lipinski definition) is 4. The van der Waals surface area contributed by atoms with Gasteiger partial charge in [0, 0.05) is 12.6 Å².